The first-order chi connectivity index (χ1) is 19.3. The Morgan fingerprint density at radius 1 is 1.15 bits per heavy atom. The minimum Gasteiger partial charge on any atom is -0.487 e. The number of benzene rings is 2. The lowest BCUT2D eigenvalue weighted by Gasteiger charge is -2.37. The van der Waals surface area contributed by atoms with Gasteiger partial charge in [0, 0.05) is 37.4 Å². The van der Waals surface area contributed by atoms with Crippen LogP contribution in [0.2, 0.25) is 5.02 Å². The van der Waals surface area contributed by atoms with Gasteiger partial charge in [0.1, 0.15) is 12.3 Å². The monoisotopic (exact) mass is 578 g/mol. The maximum absolute atomic E-state index is 15.7. The highest BCUT2D eigenvalue weighted by atomic mass is 35.5. The zero-order valence-electron chi connectivity index (χ0n) is 21.7. The molecule has 0 saturated carbocycles. The molecule has 0 N–H and O–H groups in total. The highest BCUT2D eigenvalue weighted by Crippen LogP contribution is 2.42. The molecule has 0 radical (unpaired) electrons. The molecule has 12 heteroatoms. The van der Waals surface area contributed by atoms with Crippen molar-refractivity contribution in [2.24, 2.45) is 0 Å². The van der Waals surface area contributed by atoms with E-state index in [0.717, 1.165) is 18.7 Å². The molecule has 204 valence electrons. The number of fused-ring (bicyclic) bond motifs is 1. The van der Waals surface area contributed by atoms with Gasteiger partial charge in [-0.2, -0.15) is 9.50 Å². The van der Waals surface area contributed by atoms with Crippen molar-refractivity contribution in [3.63, 3.8) is 0 Å². The van der Waals surface area contributed by atoms with E-state index in [1.54, 1.807) is 24.4 Å². The number of piperazine rings is 1. The first kappa shape index (κ1) is 25.2. The number of nitrogens with zero attached hydrogens (tertiary/aromatic N) is 6. The van der Waals surface area contributed by atoms with E-state index in [1.165, 1.54) is 21.9 Å². The van der Waals surface area contributed by atoms with Crippen LogP contribution in [0.4, 0.5) is 10.1 Å². The van der Waals surface area contributed by atoms with E-state index in [0.29, 0.717) is 51.2 Å². The fourth-order valence-corrected chi connectivity index (χ4v) is 6.39. The highest BCUT2D eigenvalue weighted by molar-refractivity contribution is 7.15. The number of likely N-dealkylation sites (N-methyl/N-ethyl adjacent to an activating group) is 1. The van der Waals surface area contributed by atoms with Gasteiger partial charge >= 0.3 is 0 Å². The summed E-state index contributed by atoms with van der Waals surface area (Å²) in [7, 11) is 2.04. The highest BCUT2D eigenvalue weighted by Gasteiger charge is 2.31. The average molecular weight is 579 g/mol. The number of halogens is 2. The quantitative estimate of drug-likeness (QED) is 0.325. The van der Waals surface area contributed by atoms with E-state index >= 15 is 4.39 Å². The third-order valence-electron chi connectivity index (χ3n) is 7.55. The maximum Gasteiger partial charge on any atom is 0.291 e. The van der Waals surface area contributed by atoms with Crippen LogP contribution in [-0.2, 0) is 0 Å². The molecule has 7 rings (SSSR count). The Kier molecular flexibility index (Phi) is 5.92. The van der Waals surface area contributed by atoms with E-state index in [2.05, 4.69) is 15.0 Å². The fraction of sp³-hybridized carbons (Fsp3) is 0.286. The van der Waals surface area contributed by atoms with Gasteiger partial charge in [-0.15, -0.1) is 5.10 Å². The first-order valence-corrected chi connectivity index (χ1v) is 14.1. The Labute approximate surface area is 236 Å². The largest absolute Gasteiger partial charge is 0.487 e. The second kappa shape index (κ2) is 9.39. The third-order valence-corrected chi connectivity index (χ3v) is 8.76. The summed E-state index contributed by atoms with van der Waals surface area (Å²) in [5.74, 6) is 0.0237. The van der Waals surface area contributed by atoms with Crippen molar-refractivity contribution < 1.29 is 9.13 Å². The fourth-order valence-electron chi connectivity index (χ4n) is 5.35. The van der Waals surface area contributed by atoms with Gasteiger partial charge in [-0.25, -0.2) is 4.39 Å². The van der Waals surface area contributed by atoms with E-state index in [9.17, 15) is 9.59 Å². The molecule has 1 saturated heterocycles. The molecule has 2 aliphatic rings. The van der Waals surface area contributed by atoms with Gasteiger partial charge in [0.15, 0.2) is 17.4 Å². The maximum atomic E-state index is 15.7. The number of aromatic nitrogens is 4. The van der Waals surface area contributed by atoms with Crippen LogP contribution in [0.1, 0.15) is 18.5 Å². The van der Waals surface area contributed by atoms with Gasteiger partial charge in [-0.3, -0.25) is 9.59 Å². The molecule has 0 bridgehead atoms. The topological polar surface area (TPSA) is 85.0 Å². The van der Waals surface area contributed by atoms with Crippen LogP contribution in [-0.4, -0.2) is 63.9 Å². The minimum absolute atomic E-state index is 0.112. The van der Waals surface area contributed by atoms with Crippen LogP contribution in [0, 0.1) is 5.82 Å². The second-order valence-corrected chi connectivity index (χ2v) is 11.7. The smallest absolute Gasteiger partial charge is 0.291 e. The zero-order valence-corrected chi connectivity index (χ0v) is 23.3. The van der Waals surface area contributed by atoms with Gasteiger partial charge < -0.3 is 19.1 Å². The predicted octanol–water partition coefficient (Wildman–Crippen LogP) is 3.18. The first-order valence-electron chi connectivity index (χ1n) is 12.9. The van der Waals surface area contributed by atoms with Gasteiger partial charge in [0.2, 0.25) is 10.4 Å². The Hall–Kier alpha value is -3.80. The SMILES string of the molecule is C[C@H]1COc2c(N3CCN(C)CC3)c(F)cc3c(=O)c(-c4nc5s/c(=C/c6ccc(Cl)cc6)c(=O)n5n4)cn1c23. The van der Waals surface area contributed by atoms with E-state index in [4.69, 9.17) is 16.3 Å². The van der Waals surface area contributed by atoms with E-state index in [1.807, 2.05) is 35.6 Å². The van der Waals surface area contributed by atoms with Crippen molar-refractivity contribution in [1.82, 2.24) is 24.1 Å². The molecule has 0 amide bonds. The van der Waals surface area contributed by atoms with Crippen molar-refractivity contribution in [2.45, 2.75) is 13.0 Å². The Bertz CT molecular complexity index is 1980. The number of thiazole rings is 1. The molecule has 0 unspecified atom stereocenters. The van der Waals surface area contributed by atoms with Crippen molar-refractivity contribution >= 4 is 50.6 Å². The van der Waals surface area contributed by atoms with Gasteiger partial charge in [-0.05, 0) is 43.8 Å². The molecule has 1 atom stereocenters. The molecule has 5 heterocycles. The van der Waals surface area contributed by atoms with Crippen molar-refractivity contribution in [3.05, 3.63) is 78.0 Å². The van der Waals surface area contributed by atoms with Crippen molar-refractivity contribution in [2.75, 3.05) is 44.7 Å². The predicted molar refractivity (Wildman–Crippen MR) is 154 cm³/mol. The molecule has 3 aromatic heterocycles. The summed E-state index contributed by atoms with van der Waals surface area (Å²) < 4.78 is 25.3. The Morgan fingerprint density at radius 2 is 1.90 bits per heavy atom. The molecule has 0 aliphatic carbocycles. The summed E-state index contributed by atoms with van der Waals surface area (Å²) in [5.41, 5.74) is 1.25. The molecule has 1 fully saturated rings. The number of hydrogen-bond donors (Lipinski definition) is 0. The lowest BCUT2D eigenvalue weighted by molar-refractivity contribution is 0.245. The van der Waals surface area contributed by atoms with Crippen molar-refractivity contribution in [3.8, 4) is 17.1 Å². The lowest BCUT2D eigenvalue weighted by atomic mass is 10.0. The average Bonchev–Trinajstić information content (AvgIpc) is 3.48. The van der Waals surface area contributed by atoms with Crippen LogP contribution >= 0.6 is 22.9 Å². The molecule has 2 aliphatic heterocycles. The van der Waals surface area contributed by atoms with Gasteiger partial charge in [0.25, 0.3) is 5.56 Å². The summed E-state index contributed by atoms with van der Waals surface area (Å²) in [6, 6.07) is 8.32. The van der Waals surface area contributed by atoms with Crippen LogP contribution in [0.5, 0.6) is 5.75 Å². The summed E-state index contributed by atoms with van der Waals surface area (Å²) in [6.45, 7) is 5.25. The summed E-state index contributed by atoms with van der Waals surface area (Å²) >= 11 is 7.14. The van der Waals surface area contributed by atoms with E-state index < -0.39 is 11.2 Å². The third kappa shape index (κ3) is 3.99. The molecule has 9 nitrogen and oxygen atoms in total. The van der Waals surface area contributed by atoms with Crippen molar-refractivity contribution in [1.29, 1.82) is 0 Å². The molecule has 40 heavy (non-hydrogen) atoms. The second-order valence-electron chi connectivity index (χ2n) is 10.3. The zero-order chi connectivity index (χ0) is 27.7. The summed E-state index contributed by atoms with van der Waals surface area (Å²) in [6.07, 6.45) is 3.45. The number of rotatable bonds is 3. The van der Waals surface area contributed by atoms with Crippen LogP contribution in [0.3, 0.4) is 0 Å². The Morgan fingerprint density at radius 3 is 2.62 bits per heavy atom. The number of hydrogen-bond acceptors (Lipinski definition) is 8. The molecule has 2 aromatic carbocycles. The number of pyridine rings is 1. The normalized spacial score (nSPS) is 18.1. The minimum atomic E-state index is -0.495. The number of ether oxygens (including phenoxy) is 1. The molecule has 0 spiro atoms. The standard InChI is InChI=1S/C28H24ClFN6O3S/c1-15-14-39-25-22-18(12-20(30)23(25)34-9-7-33(2)8-10-34)24(37)19(13-35(15)22)26-31-28-36(32-26)27(38)21(40-28)11-16-3-5-17(29)6-4-16/h3-6,11-13,15H,7-10,14H2,1-2H3/b21-11+/t15-/m0/s1. The Balaban J connectivity index is 1.37. The molecular weight excluding hydrogens is 555 g/mol. The number of anilines is 1. The van der Waals surface area contributed by atoms with E-state index in [-0.39, 0.29) is 28.4 Å². The van der Waals surface area contributed by atoms with Gasteiger partial charge in [0.05, 0.1) is 27.0 Å². The van der Waals surface area contributed by atoms with Crippen LogP contribution < -0.4 is 25.2 Å². The van der Waals surface area contributed by atoms with Crippen LogP contribution in [0.15, 0.2) is 46.1 Å². The lowest BCUT2D eigenvalue weighted by Crippen LogP contribution is -2.45. The molecular formula is C28H24ClFN6O3S. The van der Waals surface area contributed by atoms with Gasteiger partial charge in [-0.1, -0.05) is 35.1 Å². The summed E-state index contributed by atoms with van der Waals surface area (Å²) in [5, 5.41) is 5.21. The van der Waals surface area contributed by atoms with Crippen LogP contribution in [0.25, 0.3) is 33.3 Å². The summed E-state index contributed by atoms with van der Waals surface area (Å²) in [4.78, 5) is 35.9. The molecule has 5 aromatic rings.